The van der Waals surface area contributed by atoms with Crippen LogP contribution in [0.5, 0.6) is 5.75 Å². The molecule has 0 aliphatic carbocycles. The molecular weight excluding hydrogens is 345 g/mol. The summed E-state index contributed by atoms with van der Waals surface area (Å²) in [5.41, 5.74) is 1.38. The number of hydrogen-bond acceptors (Lipinski definition) is 3. The van der Waals surface area contributed by atoms with Gasteiger partial charge < -0.3 is 9.84 Å². The van der Waals surface area contributed by atoms with Crippen LogP contribution in [0.15, 0.2) is 54.6 Å². The molecule has 26 heavy (non-hydrogen) atoms. The van der Waals surface area contributed by atoms with Gasteiger partial charge in [-0.25, -0.2) is 4.68 Å². The van der Waals surface area contributed by atoms with Crippen LogP contribution in [0, 0.1) is 0 Å². The first-order valence-electron chi connectivity index (χ1n) is 7.94. The van der Waals surface area contributed by atoms with Crippen molar-refractivity contribution in [1.82, 2.24) is 9.78 Å². The Balaban J connectivity index is 2.08. The van der Waals surface area contributed by atoms with Crippen LogP contribution < -0.4 is 4.74 Å². The summed E-state index contributed by atoms with van der Waals surface area (Å²) < 4.78 is 45.9. The summed E-state index contributed by atoms with van der Waals surface area (Å²) in [6, 6.07) is 14.7. The average Bonchev–Trinajstić information content (AvgIpc) is 3.08. The van der Waals surface area contributed by atoms with Gasteiger partial charge in [0.1, 0.15) is 5.75 Å². The monoisotopic (exact) mass is 362 g/mol. The van der Waals surface area contributed by atoms with Gasteiger partial charge in [-0.3, -0.25) is 0 Å². The molecule has 1 heterocycles. The Morgan fingerprint density at radius 3 is 2.23 bits per heavy atom. The molecule has 1 aromatic heterocycles. The van der Waals surface area contributed by atoms with Gasteiger partial charge in [0.2, 0.25) is 0 Å². The Kier molecular flexibility index (Phi) is 4.99. The van der Waals surface area contributed by atoms with E-state index < -0.39 is 11.9 Å². The first-order valence-corrected chi connectivity index (χ1v) is 7.94. The summed E-state index contributed by atoms with van der Waals surface area (Å²) in [5.74, 6) is 0.604. The van der Waals surface area contributed by atoms with Gasteiger partial charge in [0, 0.05) is 12.2 Å². The Morgan fingerprint density at radius 1 is 1.04 bits per heavy atom. The number of halogens is 3. The number of alkyl halides is 3. The van der Waals surface area contributed by atoms with Gasteiger partial charge in [0.05, 0.1) is 18.5 Å². The second-order valence-corrected chi connectivity index (χ2v) is 5.69. The summed E-state index contributed by atoms with van der Waals surface area (Å²) in [6.07, 6.45) is -4.05. The van der Waals surface area contributed by atoms with E-state index in [0.717, 1.165) is 11.6 Å². The summed E-state index contributed by atoms with van der Waals surface area (Å²) in [6.45, 7) is 0.0152. The maximum Gasteiger partial charge on any atom is 0.435 e. The third-order valence-electron chi connectivity index (χ3n) is 3.97. The van der Waals surface area contributed by atoms with Gasteiger partial charge in [0.15, 0.2) is 5.69 Å². The van der Waals surface area contributed by atoms with Crippen molar-refractivity contribution in [2.75, 3.05) is 13.7 Å². The number of aromatic nitrogens is 2. The summed E-state index contributed by atoms with van der Waals surface area (Å²) in [5, 5.41) is 12.7. The van der Waals surface area contributed by atoms with Gasteiger partial charge in [-0.2, -0.15) is 18.3 Å². The number of ether oxygens (including phenoxy) is 1. The minimum atomic E-state index is -4.54. The molecule has 0 fully saturated rings. The van der Waals surface area contributed by atoms with Crippen LogP contribution in [0.1, 0.15) is 11.3 Å². The Morgan fingerprint density at radius 2 is 1.69 bits per heavy atom. The van der Waals surface area contributed by atoms with Crippen LogP contribution >= 0.6 is 0 Å². The topological polar surface area (TPSA) is 47.3 Å². The third-order valence-corrected chi connectivity index (χ3v) is 3.97. The number of aliphatic hydroxyl groups is 1. The molecule has 0 radical (unpaired) electrons. The fourth-order valence-corrected chi connectivity index (χ4v) is 2.62. The molecule has 136 valence electrons. The molecule has 0 aliphatic heterocycles. The second-order valence-electron chi connectivity index (χ2n) is 5.69. The summed E-state index contributed by atoms with van der Waals surface area (Å²) >= 11 is 0. The van der Waals surface area contributed by atoms with Crippen molar-refractivity contribution in [2.45, 2.75) is 12.6 Å². The normalized spacial score (nSPS) is 11.6. The zero-order valence-corrected chi connectivity index (χ0v) is 14.0. The zero-order valence-electron chi connectivity index (χ0n) is 14.0. The molecule has 0 bridgehead atoms. The van der Waals surface area contributed by atoms with E-state index in [1.54, 1.807) is 48.5 Å². The molecule has 3 aromatic rings. The lowest BCUT2D eigenvalue weighted by Gasteiger charge is -2.09. The van der Waals surface area contributed by atoms with Crippen molar-refractivity contribution in [3.8, 4) is 22.7 Å². The van der Waals surface area contributed by atoms with E-state index in [-0.39, 0.29) is 6.61 Å². The molecule has 0 saturated heterocycles. The molecule has 7 heteroatoms. The molecular formula is C19H17F3N2O2. The van der Waals surface area contributed by atoms with E-state index in [9.17, 15) is 13.2 Å². The molecule has 0 unspecified atom stereocenters. The highest BCUT2D eigenvalue weighted by Gasteiger charge is 2.35. The smallest absolute Gasteiger partial charge is 0.435 e. The molecule has 2 aromatic carbocycles. The SMILES string of the molecule is COc1ccc(-n2nc(C(F)(F)F)cc2-c2ccc(CCO)cc2)cc1. The van der Waals surface area contributed by atoms with Crippen LogP contribution in [-0.2, 0) is 12.6 Å². The average molecular weight is 362 g/mol. The Bertz CT molecular complexity index is 869. The fraction of sp³-hybridized carbons (Fsp3) is 0.211. The molecule has 0 atom stereocenters. The first-order chi connectivity index (χ1) is 12.4. The minimum Gasteiger partial charge on any atom is -0.497 e. The minimum absolute atomic E-state index is 0.0152. The van der Waals surface area contributed by atoms with Crippen LogP contribution in [0.25, 0.3) is 16.9 Å². The van der Waals surface area contributed by atoms with E-state index in [0.29, 0.717) is 29.1 Å². The first kappa shape index (κ1) is 18.0. The Hall–Kier alpha value is -2.80. The predicted octanol–water partition coefficient (Wildman–Crippen LogP) is 4.10. The zero-order chi connectivity index (χ0) is 18.7. The standard InChI is InChI=1S/C19H17F3N2O2/c1-26-16-8-6-15(7-9-16)24-17(12-18(23-24)19(20,21)22)14-4-2-13(3-5-14)10-11-25/h2-9,12,25H,10-11H2,1H3. The Labute approximate surface area is 148 Å². The highest BCUT2D eigenvalue weighted by Crippen LogP contribution is 2.33. The van der Waals surface area contributed by atoms with Gasteiger partial charge >= 0.3 is 6.18 Å². The number of methoxy groups -OCH3 is 1. The van der Waals surface area contributed by atoms with Gasteiger partial charge in [-0.05, 0) is 42.3 Å². The summed E-state index contributed by atoms with van der Waals surface area (Å²) in [4.78, 5) is 0. The van der Waals surface area contributed by atoms with Crippen molar-refractivity contribution >= 4 is 0 Å². The second kappa shape index (κ2) is 7.21. The predicted molar refractivity (Wildman–Crippen MR) is 91.3 cm³/mol. The van der Waals surface area contributed by atoms with Crippen LogP contribution in [-0.4, -0.2) is 28.6 Å². The van der Waals surface area contributed by atoms with Crippen LogP contribution in [0.3, 0.4) is 0 Å². The molecule has 3 rings (SSSR count). The number of rotatable bonds is 5. The number of hydrogen-bond donors (Lipinski definition) is 1. The maximum absolute atomic E-state index is 13.2. The molecule has 0 spiro atoms. The van der Waals surface area contributed by atoms with Crippen molar-refractivity contribution in [3.63, 3.8) is 0 Å². The lowest BCUT2D eigenvalue weighted by Crippen LogP contribution is -2.07. The largest absolute Gasteiger partial charge is 0.497 e. The van der Waals surface area contributed by atoms with Crippen LogP contribution in [0.2, 0.25) is 0 Å². The highest BCUT2D eigenvalue weighted by atomic mass is 19.4. The van der Waals surface area contributed by atoms with Crippen molar-refractivity contribution in [1.29, 1.82) is 0 Å². The maximum atomic E-state index is 13.2. The van der Waals surface area contributed by atoms with Gasteiger partial charge in [0.25, 0.3) is 0 Å². The number of benzene rings is 2. The molecule has 0 amide bonds. The van der Waals surface area contributed by atoms with Gasteiger partial charge in [-0.15, -0.1) is 0 Å². The molecule has 4 nitrogen and oxygen atoms in total. The molecule has 0 saturated carbocycles. The van der Waals surface area contributed by atoms with E-state index in [2.05, 4.69) is 5.10 Å². The highest BCUT2D eigenvalue weighted by molar-refractivity contribution is 5.63. The van der Waals surface area contributed by atoms with Crippen LogP contribution in [0.4, 0.5) is 13.2 Å². The van der Waals surface area contributed by atoms with Crippen molar-refractivity contribution in [2.24, 2.45) is 0 Å². The molecule has 1 N–H and O–H groups in total. The van der Waals surface area contributed by atoms with Gasteiger partial charge in [-0.1, -0.05) is 24.3 Å². The lowest BCUT2D eigenvalue weighted by molar-refractivity contribution is -0.141. The number of nitrogens with zero attached hydrogens (tertiary/aromatic N) is 2. The summed E-state index contributed by atoms with van der Waals surface area (Å²) in [7, 11) is 1.52. The van der Waals surface area contributed by atoms with Crippen molar-refractivity contribution < 1.29 is 23.0 Å². The fourth-order valence-electron chi connectivity index (χ4n) is 2.62. The third kappa shape index (κ3) is 3.72. The van der Waals surface area contributed by atoms with E-state index >= 15 is 0 Å². The van der Waals surface area contributed by atoms with E-state index in [1.807, 2.05) is 0 Å². The van der Waals surface area contributed by atoms with E-state index in [4.69, 9.17) is 9.84 Å². The quantitative estimate of drug-likeness (QED) is 0.743. The molecule has 0 aliphatic rings. The lowest BCUT2D eigenvalue weighted by atomic mass is 10.1. The van der Waals surface area contributed by atoms with Crippen molar-refractivity contribution in [3.05, 3.63) is 65.9 Å². The number of aliphatic hydroxyl groups excluding tert-OH is 1. The van der Waals surface area contributed by atoms with E-state index in [1.165, 1.54) is 11.8 Å².